The van der Waals surface area contributed by atoms with Crippen LogP contribution in [0.2, 0.25) is 0 Å². The molecule has 0 saturated heterocycles. The smallest absolute Gasteiger partial charge is 0.143 e. The summed E-state index contributed by atoms with van der Waals surface area (Å²) >= 11 is 0. The van der Waals surface area contributed by atoms with Crippen LogP contribution in [0.1, 0.15) is 13.8 Å². The molecule has 0 radical (unpaired) electrons. The highest BCUT2D eigenvalue weighted by molar-refractivity contribution is 5.67. The molecule has 2 nitrogen and oxygen atoms in total. The maximum atomic E-state index is 10.1. The summed E-state index contributed by atoms with van der Waals surface area (Å²) < 4.78 is 0. The van der Waals surface area contributed by atoms with E-state index < -0.39 is 0 Å². The lowest BCUT2D eigenvalue weighted by atomic mass is 10.2. The predicted octanol–water partition coefficient (Wildman–Crippen LogP) is 2.39. The Balaban J connectivity index is 4.26. The van der Waals surface area contributed by atoms with Gasteiger partial charge in [0, 0.05) is 0 Å². The second-order valence-corrected chi connectivity index (χ2v) is 2.81. The van der Waals surface area contributed by atoms with Gasteiger partial charge in [0.25, 0.3) is 0 Å². The molecule has 0 saturated carbocycles. The zero-order valence-electron chi connectivity index (χ0n) is 8.44. The lowest BCUT2D eigenvalue weighted by molar-refractivity contribution is -0.104. The van der Waals surface area contributed by atoms with E-state index in [0.717, 1.165) is 23.7 Å². The Bertz CT molecular complexity index is 304. The molecule has 0 amide bonds. The van der Waals surface area contributed by atoms with Crippen molar-refractivity contribution in [2.24, 2.45) is 0 Å². The summed E-state index contributed by atoms with van der Waals surface area (Å²) in [4.78, 5) is 20.1. The molecule has 0 N–H and O–H groups in total. The minimum Gasteiger partial charge on any atom is -0.299 e. The standard InChI is InChI=1S/C12H14O2/c1-11(7-4-9-13)5-3-6-12(2)8-10-14/h3-10H,1-2H3/b6-3+,7-4+,11-5+,12-8+. The number of hydrogen-bond acceptors (Lipinski definition) is 2. The van der Waals surface area contributed by atoms with Crippen LogP contribution in [0.25, 0.3) is 0 Å². The molecule has 2 heteroatoms. The Kier molecular flexibility index (Phi) is 6.96. The van der Waals surface area contributed by atoms with Crippen LogP contribution in [0, 0.1) is 0 Å². The van der Waals surface area contributed by atoms with Crippen LogP contribution in [0.4, 0.5) is 0 Å². The third-order valence-electron chi connectivity index (χ3n) is 1.49. The van der Waals surface area contributed by atoms with Gasteiger partial charge < -0.3 is 0 Å². The molecule has 0 rings (SSSR count). The third-order valence-corrected chi connectivity index (χ3v) is 1.49. The van der Waals surface area contributed by atoms with Gasteiger partial charge in [-0.05, 0) is 31.6 Å². The summed E-state index contributed by atoms with van der Waals surface area (Å²) in [7, 11) is 0. The van der Waals surface area contributed by atoms with E-state index in [4.69, 9.17) is 0 Å². The molecule has 0 aliphatic carbocycles. The minimum atomic E-state index is 0.735. The van der Waals surface area contributed by atoms with E-state index in [9.17, 15) is 9.59 Å². The van der Waals surface area contributed by atoms with Gasteiger partial charge in [0.15, 0.2) is 0 Å². The second-order valence-electron chi connectivity index (χ2n) is 2.81. The lowest BCUT2D eigenvalue weighted by Gasteiger charge is -1.87. The molecule has 0 aliphatic rings. The van der Waals surface area contributed by atoms with Crippen molar-refractivity contribution in [3.05, 3.63) is 47.6 Å². The first-order valence-corrected chi connectivity index (χ1v) is 4.29. The van der Waals surface area contributed by atoms with Crippen molar-refractivity contribution in [1.29, 1.82) is 0 Å². The first-order chi connectivity index (χ1) is 6.70. The number of allylic oxidation sites excluding steroid dienone is 8. The van der Waals surface area contributed by atoms with Gasteiger partial charge in [-0.25, -0.2) is 0 Å². The van der Waals surface area contributed by atoms with Crippen LogP contribution in [0.3, 0.4) is 0 Å². The van der Waals surface area contributed by atoms with Gasteiger partial charge in [0.2, 0.25) is 0 Å². The van der Waals surface area contributed by atoms with Crippen LogP contribution in [0.5, 0.6) is 0 Å². The van der Waals surface area contributed by atoms with Crippen molar-refractivity contribution < 1.29 is 9.59 Å². The number of aldehydes is 2. The Morgan fingerprint density at radius 2 is 1.36 bits per heavy atom. The van der Waals surface area contributed by atoms with E-state index in [2.05, 4.69) is 0 Å². The zero-order chi connectivity index (χ0) is 10.8. The van der Waals surface area contributed by atoms with Crippen molar-refractivity contribution >= 4 is 12.6 Å². The molecule has 0 aliphatic heterocycles. The van der Waals surface area contributed by atoms with E-state index in [0.29, 0.717) is 0 Å². The van der Waals surface area contributed by atoms with Gasteiger partial charge in [0.1, 0.15) is 12.6 Å². The van der Waals surface area contributed by atoms with Gasteiger partial charge in [-0.1, -0.05) is 29.9 Å². The van der Waals surface area contributed by atoms with Crippen LogP contribution >= 0.6 is 0 Å². The van der Waals surface area contributed by atoms with Crippen molar-refractivity contribution in [3.8, 4) is 0 Å². The summed E-state index contributed by atoms with van der Waals surface area (Å²) in [5.41, 5.74) is 1.87. The van der Waals surface area contributed by atoms with Crippen LogP contribution in [-0.2, 0) is 9.59 Å². The summed E-state index contributed by atoms with van der Waals surface area (Å²) in [5.74, 6) is 0. The number of carbonyl (C=O) groups excluding carboxylic acids is 2. The Morgan fingerprint density at radius 1 is 0.786 bits per heavy atom. The summed E-state index contributed by atoms with van der Waals surface area (Å²) in [6.45, 7) is 3.73. The molecule has 74 valence electrons. The fraction of sp³-hybridized carbons (Fsp3) is 0.167. The van der Waals surface area contributed by atoms with Crippen LogP contribution in [-0.4, -0.2) is 12.6 Å². The number of rotatable bonds is 5. The predicted molar refractivity (Wildman–Crippen MR) is 57.9 cm³/mol. The Labute approximate surface area is 84.3 Å². The maximum absolute atomic E-state index is 10.1. The van der Waals surface area contributed by atoms with E-state index >= 15 is 0 Å². The van der Waals surface area contributed by atoms with Crippen LogP contribution in [0.15, 0.2) is 47.6 Å². The average Bonchev–Trinajstić information content (AvgIpc) is 2.15. The number of hydrogen-bond donors (Lipinski definition) is 0. The second kappa shape index (κ2) is 7.92. The third kappa shape index (κ3) is 6.98. The van der Waals surface area contributed by atoms with E-state index in [1.807, 2.05) is 32.1 Å². The van der Waals surface area contributed by atoms with Crippen molar-refractivity contribution in [2.75, 3.05) is 0 Å². The minimum absolute atomic E-state index is 0.735. The fourth-order valence-electron chi connectivity index (χ4n) is 0.761. The van der Waals surface area contributed by atoms with Crippen molar-refractivity contribution in [3.63, 3.8) is 0 Å². The van der Waals surface area contributed by atoms with Gasteiger partial charge in [0.05, 0.1) is 0 Å². The molecule has 0 aromatic rings. The summed E-state index contributed by atoms with van der Waals surface area (Å²) in [5, 5.41) is 0. The summed E-state index contributed by atoms with van der Waals surface area (Å²) in [6.07, 6.45) is 11.7. The molecule has 0 aromatic carbocycles. The molecule has 14 heavy (non-hydrogen) atoms. The molecule has 0 heterocycles. The first kappa shape index (κ1) is 12.3. The molecule has 0 unspecified atom stereocenters. The Hall–Kier alpha value is -1.70. The van der Waals surface area contributed by atoms with Crippen molar-refractivity contribution in [2.45, 2.75) is 13.8 Å². The average molecular weight is 190 g/mol. The maximum Gasteiger partial charge on any atom is 0.143 e. The molecular formula is C12H14O2. The van der Waals surface area contributed by atoms with Crippen LogP contribution < -0.4 is 0 Å². The molecule has 0 bridgehead atoms. The van der Waals surface area contributed by atoms with Crippen molar-refractivity contribution in [1.82, 2.24) is 0 Å². The molecule has 0 atom stereocenters. The Morgan fingerprint density at radius 3 is 1.93 bits per heavy atom. The fourth-order valence-corrected chi connectivity index (χ4v) is 0.761. The SMILES string of the molecule is CC(/C=C/C=C(C)/C=C/C=O)=C\C=O. The molecule has 0 spiro atoms. The van der Waals surface area contributed by atoms with Gasteiger partial charge in [-0.15, -0.1) is 0 Å². The monoisotopic (exact) mass is 190 g/mol. The zero-order valence-corrected chi connectivity index (χ0v) is 8.44. The highest BCUT2D eigenvalue weighted by Crippen LogP contribution is 1.98. The lowest BCUT2D eigenvalue weighted by Crippen LogP contribution is -1.70. The van der Waals surface area contributed by atoms with E-state index in [-0.39, 0.29) is 0 Å². The van der Waals surface area contributed by atoms with Gasteiger partial charge >= 0.3 is 0 Å². The van der Waals surface area contributed by atoms with E-state index in [1.165, 1.54) is 12.2 Å². The van der Waals surface area contributed by atoms with E-state index in [1.54, 1.807) is 6.08 Å². The normalized spacial score (nSPS) is 13.9. The largest absolute Gasteiger partial charge is 0.299 e. The van der Waals surface area contributed by atoms with Gasteiger partial charge in [-0.3, -0.25) is 9.59 Å². The summed E-state index contributed by atoms with van der Waals surface area (Å²) in [6, 6.07) is 0. The highest BCUT2D eigenvalue weighted by Gasteiger charge is 1.79. The number of carbonyl (C=O) groups is 2. The molecule has 0 aromatic heterocycles. The highest BCUT2D eigenvalue weighted by atomic mass is 16.1. The molecule has 0 fully saturated rings. The first-order valence-electron chi connectivity index (χ1n) is 4.29. The quantitative estimate of drug-likeness (QED) is 0.379. The molecular weight excluding hydrogens is 176 g/mol. The van der Waals surface area contributed by atoms with Gasteiger partial charge in [-0.2, -0.15) is 0 Å². The topological polar surface area (TPSA) is 34.1 Å².